The zero-order chi connectivity index (χ0) is 11.8. The van der Waals surface area contributed by atoms with Gasteiger partial charge in [-0.2, -0.15) is 0 Å². The molecule has 2 nitrogen and oxygen atoms in total. The maximum atomic E-state index is 3.68. The quantitative estimate of drug-likeness (QED) is 0.694. The van der Waals surface area contributed by atoms with E-state index in [0.29, 0.717) is 11.5 Å². The van der Waals surface area contributed by atoms with Gasteiger partial charge in [-0.05, 0) is 30.4 Å². The van der Waals surface area contributed by atoms with Crippen LogP contribution in [0, 0.1) is 12.3 Å². The molecule has 0 aromatic heterocycles. The maximum Gasteiger partial charge on any atom is 0.0605 e. The summed E-state index contributed by atoms with van der Waals surface area (Å²) in [6.45, 7) is 10.1. The van der Waals surface area contributed by atoms with Crippen molar-refractivity contribution < 1.29 is 0 Å². The van der Waals surface area contributed by atoms with E-state index in [0.717, 1.165) is 13.0 Å². The topological polar surface area (TPSA) is 24.1 Å². The van der Waals surface area contributed by atoms with E-state index >= 15 is 0 Å². The molecule has 0 radical (unpaired) electrons. The van der Waals surface area contributed by atoms with Gasteiger partial charge in [0.05, 0.1) is 11.4 Å². The zero-order valence-electron chi connectivity index (χ0n) is 10.7. The molecule has 1 aliphatic rings. The van der Waals surface area contributed by atoms with E-state index in [1.165, 1.54) is 16.9 Å². The van der Waals surface area contributed by atoms with Crippen LogP contribution in [0.2, 0.25) is 0 Å². The molecular formula is C14H22N2. The van der Waals surface area contributed by atoms with Gasteiger partial charge in [0.2, 0.25) is 0 Å². The van der Waals surface area contributed by atoms with Crippen molar-refractivity contribution in [3.05, 3.63) is 23.8 Å². The summed E-state index contributed by atoms with van der Waals surface area (Å²) in [5, 5.41) is 7.21. The predicted octanol–water partition coefficient (Wildman–Crippen LogP) is 3.64. The minimum Gasteiger partial charge on any atom is -0.383 e. The highest BCUT2D eigenvalue weighted by Gasteiger charge is 2.26. The molecule has 0 fully saturated rings. The van der Waals surface area contributed by atoms with Crippen molar-refractivity contribution in [3.63, 3.8) is 0 Å². The summed E-state index contributed by atoms with van der Waals surface area (Å²) in [7, 11) is 0. The number of anilines is 2. The summed E-state index contributed by atoms with van der Waals surface area (Å²) in [5.74, 6) is 0. The van der Waals surface area contributed by atoms with E-state index in [2.05, 4.69) is 56.5 Å². The van der Waals surface area contributed by atoms with E-state index in [4.69, 9.17) is 0 Å². The fraction of sp³-hybridized carbons (Fsp3) is 0.571. The fourth-order valence-electron chi connectivity index (χ4n) is 2.27. The van der Waals surface area contributed by atoms with E-state index in [9.17, 15) is 0 Å². The van der Waals surface area contributed by atoms with Crippen LogP contribution in [0.25, 0.3) is 0 Å². The molecule has 0 aliphatic carbocycles. The van der Waals surface area contributed by atoms with E-state index in [1.54, 1.807) is 0 Å². The molecule has 88 valence electrons. The van der Waals surface area contributed by atoms with Crippen molar-refractivity contribution in [2.75, 3.05) is 17.2 Å². The third kappa shape index (κ3) is 2.16. The monoisotopic (exact) mass is 218 g/mol. The first-order chi connectivity index (χ1) is 7.48. The smallest absolute Gasteiger partial charge is 0.0605 e. The first kappa shape index (κ1) is 11.3. The van der Waals surface area contributed by atoms with Gasteiger partial charge in [0.15, 0.2) is 0 Å². The molecule has 2 rings (SSSR count). The second-order valence-electron chi connectivity index (χ2n) is 5.78. The number of para-hydroxylation sites is 1. The molecule has 1 atom stereocenters. The number of aryl methyl sites for hydroxylation is 1. The lowest BCUT2D eigenvalue weighted by Crippen LogP contribution is -2.34. The maximum absolute atomic E-state index is 3.68. The molecule has 16 heavy (non-hydrogen) atoms. The number of hydrogen-bond acceptors (Lipinski definition) is 2. The second kappa shape index (κ2) is 4.00. The Labute approximate surface area is 98.4 Å². The molecule has 0 amide bonds. The van der Waals surface area contributed by atoms with Gasteiger partial charge in [-0.25, -0.2) is 0 Å². The van der Waals surface area contributed by atoms with Gasteiger partial charge in [-0.1, -0.05) is 32.9 Å². The Bertz CT molecular complexity index is 377. The molecule has 1 aliphatic heterocycles. The molecular weight excluding hydrogens is 196 g/mol. The lowest BCUT2D eigenvalue weighted by molar-refractivity contribution is 0.332. The third-order valence-corrected chi connectivity index (χ3v) is 3.38. The van der Waals surface area contributed by atoms with Gasteiger partial charge < -0.3 is 10.6 Å². The number of benzene rings is 1. The average Bonchev–Trinajstić information content (AvgIpc) is 2.39. The largest absolute Gasteiger partial charge is 0.383 e. The van der Waals surface area contributed by atoms with Gasteiger partial charge in [0.1, 0.15) is 0 Å². The van der Waals surface area contributed by atoms with Crippen molar-refractivity contribution >= 4 is 11.4 Å². The summed E-state index contributed by atoms with van der Waals surface area (Å²) < 4.78 is 0. The molecule has 1 aromatic carbocycles. The normalized spacial score (nSPS) is 20.4. The number of fused-ring (bicyclic) bond motifs is 1. The highest BCUT2D eigenvalue weighted by molar-refractivity contribution is 5.73. The van der Waals surface area contributed by atoms with E-state index in [1.807, 2.05) is 0 Å². The molecule has 1 aromatic rings. The van der Waals surface area contributed by atoms with Gasteiger partial charge in [0, 0.05) is 12.6 Å². The first-order valence-electron chi connectivity index (χ1n) is 6.08. The van der Waals surface area contributed by atoms with Gasteiger partial charge in [-0.15, -0.1) is 0 Å². The highest BCUT2D eigenvalue weighted by Crippen LogP contribution is 2.33. The molecule has 0 saturated heterocycles. The minimum atomic E-state index is 0.299. The van der Waals surface area contributed by atoms with Crippen LogP contribution in [0.4, 0.5) is 11.4 Å². The molecule has 0 spiro atoms. The van der Waals surface area contributed by atoms with Gasteiger partial charge in [-0.3, -0.25) is 0 Å². The molecule has 0 saturated carbocycles. The lowest BCUT2D eigenvalue weighted by Gasteiger charge is -2.31. The Morgan fingerprint density at radius 2 is 2.00 bits per heavy atom. The summed E-state index contributed by atoms with van der Waals surface area (Å²) >= 11 is 0. The number of nitrogens with one attached hydrogen (secondary N) is 2. The molecule has 2 N–H and O–H groups in total. The highest BCUT2D eigenvalue weighted by atomic mass is 15.0. The predicted molar refractivity (Wildman–Crippen MR) is 71.2 cm³/mol. The minimum absolute atomic E-state index is 0.299. The van der Waals surface area contributed by atoms with Crippen LogP contribution in [0.3, 0.4) is 0 Å². The van der Waals surface area contributed by atoms with Crippen LogP contribution in [0.15, 0.2) is 18.2 Å². The van der Waals surface area contributed by atoms with Crippen LogP contribution < -0.4 is 10.6 Å². The van der Waals surface area contributed by atoms with Crippen LogP contribution in [-0.2, 0) is 0 Å². The molecule has 1 unspecified atom stereocenters. The van der Waals surface area contributed by atoms with Crippen LogP contribution in [-0.4, -0.2) is 12.6 Å². The zero-order valence-corrected chi connectivity index (χ0v) is 10.7. The fourth-order valence-corrected chi connectivity index (χ4v) is 2.27. The van der Waals surface area contributed by atoms with Crippen LogP contribution in [0.1, 0.15) is 32.8 Å². The first-order valence-corrected chi connectivity index (χ1v) is 6.08. The van der Waals surface area contributed by atoms with Crippen LogP contribution >= 0.6 is 0 Å². The Morgan fingerprint density at radius 3 is 2.69 bits per heavy atom. The van der Waals surface area contributed by atoms with Crippen molar-refractivity contribution in [2.24, 2.45) is 5.41 Å². The van der Waals surface area contributed by atoms with Crippen molar-refractivity contribution in [1.29, 1.82) is 0 Å². The molecule has 1 heterocycles. The average molecular weight is 218 g/mol. The lowest BCUT2D eigenvalue weighted by atomic mass is 9.85. The molecule has 2 heteroatoms. The van der Waals surface area contributed by atoms with Crippen molar-refractivity contribution in [3.8, 4) is 0 Å². The Hall–Kier alpha value is -1.18. The van der Waals surface area contributed by atoms with Gasteiger partial charge >= 0.3 is 0 Å². The number of hydrogen-bond donors (Lipinski definition) is 2. The third-order valence-electron chi connectivity index (χ3n) is 3.38. The standard InChI is InChI=1S/C14H22N2/c1-10-6-5-7-11-13(10)15-9-8-12(16-11)14(2,3)4/h5-7,12,15-16H,8-9H2,1-4H3. The van der Waals surface area contributed by atoms with Crippen LogP contribution in [0.5, 0.6) is 0 Å². The Morgan fingerprint density at radius 1 is 1.25 bits per heavy atom. The molecule has 0 bridgehead atoms. The summed E-state index contributed by atoms with van der Waals surface area (Å²) in [4.78, 5) is 0. The summed E-state index contributed by atoms with van der Waals surface area (Å²) in [6, 6.07) is 6.97. The Kier molecular flexibility index (Phi) is 2.83. The van der Waals surface area contributed by atoms with Crippen molar-refractivity contribution in [1.82, 2.24) is 0 Å². The van der Waals surface area contributed by atoms with E-state index < -0.39 is 0 Å². The van der Waals surface area contributed by atoms with E-state index in [-0.39, 0.29) is 0 Å². The van der Waals surface area contributed by atoms with Gasteiger partial charge in [0.25, 0.3) is 0 Å². The second-order valence-corrected chi connectivity index (χ2v) is 5.78. The Balaban J connectivity index is 2.32. The van der Waals surface area contributed by atoms with Crippen molar-refractivity contribution in [2.45, 2.75) is 40.2 Å². The summed E-state index contributed by atoms with van der Waals surface area (Å²) in [6.07, 6.45) is 1.16. The SMILES string of the molecule is Cc1cccc2c1NCCC(C(C)(C)C)N2. The number of rotatable bonds is 0. The summed E-state index contributed by atoms with van der Waals surface area (Å²) in [5.41, 5.74) is 4.14.